The third-order valence-corrected chi connectivity index (χ3v) is 6.20. The average Bonchev–Trinajstić information content (AvgIpc) is 3.39. The Morgan fingerprint density at radius 3 is 2.34 bits per heavy atom. The average molecular weight is 477 g/mol. The minimum atomic E-state index is -1.01. The van der Waals surface area contributed by atoms with E-state index in [1.165, 1.54) is 24.3 Å². The molecule has 2 amide bonds. The van der Waals surface area contributed by atoms with E-state index in [1.54, 1.807) is 18.2 Å². The monoisotopic (exact) mass is 476 g/mol. The summed E-state index contributed by atoms with van der Waals surface area (Å²) in [5.74, 6) is -1.01. The van der Waals surface area contributed by atoms with Gasteiger partial charge in [0.05, 0.1) is 31.1 Å². The van der Waals surface area contributed by atoms with Gasteiger partial charge in [-0.25, -0.2) is 14.4 Å². The topological polar surface area (TPSA) is 68.3 Å². The molecule has 2 saturated heterocycles. The molecule has 2 heterocycles. The predicted molar refractivity (Wildman–Crippen MR) is 128 cm³/mol. The highest BCUT2D eigenvalue weighted by atomic mass is 19.1. The number of para-hydroxylation sites is 1. The van der Waals surface area contributed by atoms with Crippen LogP contribution in [0.2, 0.25) is 0 Å². The smallest absolute Gasteiger partial charge is 0.266 e. The maximum Gasteiger partial charge on any atom is 0.266 e. The maximum atomic E-state index is 13.7. The Morgan fingerprint density at radius 2 is 1.66 bits per heavy atom. The van der Waals surface area contributed by atoms with Gasteiger partial charge in [0.1, 0.15) is 11.7 Å². The van der Waals surface area contributed by atoms with Gasteiger partial charge >= 0.3 is 0 Å². The molecule has 0 radical (unpaired) electrons. The molecule has 180 valence electrons. The fourth-order valence-corrected chi connectivity index (χ4v) is 4.60. The summed E-state index contributed by atoms with van der Waals surface area (Å²) < 4.78 is 24.8. The van der Waals surface area contributed by atoms with E-state index in [0.29, 0.717) is 29.5 Å². The Labute approximate surface area is 202 Å². The number of hydrogen-bond donors (Lipinski definition) is 0. The molecule has 3 atom stereocenters. The molecule has 7 nitrogen and oxygen atoms in total. The maximum absolute atomic E-state index is 13.7. The van der Waals surface area contributed by atoms with Gasteiger partial charge in [-0.2, -0.15) is 0 Å². The number of imide groups is 1. The highest BCUT2D eigenvalue weighted by molar-refractivity contribution is 6.23. The van der Waals surface area contributed by atoms with Crippen LogP contribution in [0, 0.1) is 11.7 Å². The van der Waals surface area contributed by atoms with Crippen molar-refractivity contribution < 1.29 is 28.3 Å². The zero-order valence-electron chi connectivity index (χ0n) is 19.4. The number of benzene rings is 3. The molecule has 35 heavy (non-hydrogen) atoms. The van der Waals surface area contributed by atoms with Crippen molar-refractivity contribution in [3.05, 3.63) is 84.2 Å². The molecule has 0 spiro atoms. The van der Waals surface area contributed by atoms with Crippen LogP contribution in [0.15, 0.2) is 72.8 Å². The first-order valence-corrected chi connectivity index (χ1v) is 11.5. The van der Waals surface area contributed by atoms with Crippen LogP contribution in [0.1, 0.15) is 24.9 Å². The van der Waals surface area contributed by atoms with Crippen LogP contribution in [0.3, 0.4) is 0 Å². The molecular formula is C27H25FN2O5. The van der Waals surface area contributed by atoms with Gasteiger partial charge in [-0.1, -0.05) is 31.2 Å². The number of carbonyl (C=O) groups excluding carboxylic acids is 2. The summed E-state index contributed by atoms with van der Waals surface area (Å²) in [6.45, 7) is 2.56. The number of nitrogens with zero attached hydrogens (tertiary/aromatic N) is 2. The summed E-state index contributed by atoms with van der Waals surface area (Å²) in [6.07, 6.45) is -0.164. The third-order valence-electron chi connectivity index (χ3n) is 6.20. The summed E-state index contributed by atoms with van der Waals surface area (Å²) in [7, 11) is 1.56. The van der Waals surface area contributed by atoms with Gasteiger partial charge in [-0.05, 0) is 60.5 Å². The lowest BCUT2D eigenvalue weighted by atomic mass is 9.90. The normalized spacial score (nSPS) is 21.4. The van der Waals surface area contributed by atoms with Crippen LogP contribution < -0.4 is 19.4 Å². The van der Waals surface area contributed by atoms with E-state index < -0.39 is 35.7 Å². The SMILES string of the molecule is CCCOc1ccc([C@H]2[C@H]3C(=O)N(c4ccc(F)cc4)C(=O)[C@@H]3ON2c2ccccc2)cc1OC. The molecule has 2 aliphatic rings. The van der Waals surface area contributed by atoms with Crippen molar-refractivity contribution >= 4 is 23.2 Å². The Hall–Kier alpha value is -3.91. The van der Waals surface area contributed by atoms with Crippen LogP contribution in [0.5, 0.6) is 11.5 Å². The van der Waals surface area contributed by atoms with E-state index >= 15 is 0 Å². The van der Waals surface area contributed by atoms with E-state index in [-0.39, 0.29) is 0 Å². The molecule has 3 aromatic carbocycles. The molecule has 5 rings (SSSR count). The quantitative estimate of drug-likeness (QED) is 0.462. The number of ether oxygens (including phenoxy) is 2. The van der Waals surface area contributed by atoms with Crippen molar-refractivity contribution in [2.75, 3.05) is 23.7 Å². The lowest BCUT2D eigenvalue weighted by molar-refractivity contribution is -0.126. The molecule has 2 aliphatic heterocycles. The zero-order chi connectivity index (χ0) is 24.5. The van der Waals surface area contributed by atoms with Gasteiger partial charge in [-0.15, -0.1) is 0 Å². The molecular weight excluding hydrogens is 451 g/mol. The van der Waals surface area contributed by atoms with Gasteiger partial charge in [0.25, 0.3) is 5.91 Å². The predicted octanol–water partition coefficient (Wildman–Crippen LogP) is 4.67. The Kier molecular flexibility index (Phi) is 6.13. The number of rotatable bonds is 7. The first-order valence-electron chi connectivity index (χ1n) is 11.5. The van der Waals surface area contributed by atoms with E-state index in [1.807, 2.05) is 49.4 Å². The fourth-order valence-electron chi connectivity index (χ4n) is 4.60. The van der Waals surface area contributed by atoms with Gasteiger partial charge in [0.15, 0.2) is 17.6 Å². The number of anilines is 2. The molecule has 0 aliphatic carbocycles. The van der Waals surface area contributed by atoms with Crippen molar-refractivity contribution in [1.82, 2.24) is 0 Å². The summed E-state index contributed by atoms with van der Waals surface area (Å²) in [5, 5.41) is 1.62. The van der Waals surface area contributed by atoms with Crippen molar-refractivity contribution in [2.45, 2.75) is 25.5 Å². The Morgan fingerprint density at radius 1 is 0.914 bits per heavy atom. The minimum Gasteiger partial charge on any atom is -0.493 e. The minimum absolute atomic E-state index is 0.310. The first-order chi connectivity index (χ1) is 17.0. The van der Waals surface area contributed by atoms with E-state index in [9.17, 15) is 14.0 Å². The number of amides is 2. The number of fused-ring (bicyclic) bond motifs is 1. The van der Waals surface area contributed by atoms with Crippen LogP contribution in [-0.2, 0) is 14.4 Å². The molecule has 2 fully saturated rings. The second-order valence-electron chi connectivity index (χ2n) is 8.41. The van der Waals surface area contributed by atoms with E-state index in [4.69, 9.17) is 14.3 Å². The summed E-state index contributed by atoms with van der Waals surface area (Å²) in [6, 6.07) is 19.5. The summed E-state index contributed by atoms with van der Waals surface area (Å²) in [5.41, 5.74) is 1.76. The summed E-state index contributed by atoms with van der Waals surface area (Å²) >= 11 is 0. The van der Waals surface area contributed by atoms with Crippen LogP contribution in [0.4, 0.5) is 15.8 Å². The third kappa shape index (κ3) is 4.00. The molecule has 8 heteroatoms. The van der Waals surface area contributed by atoms with Gasteiger partial charge in [0, 0.05) is 0 Å². The fraction of sp³-hybridized carbons (Fsp3) is 0.259. The highest BCUT2D eigenvalue weighted by Crippen LogP contribution is 2.48. The Balaban J connectivity index is 1.57. The number of hydrogen-bond acceptors (Lipinski definition) is 6. The highest BCUT2D eigenvalue weighted by Gasteiger charge is 2.60. The van der Waals surface area contributed by atoms with Crippen molar-refractivity contribution in [1.29, 1.82) is 0 Å². The van der Waals surface area contributed by atoms with Crippen LogP contribution in [0.25, 0.3) is 0 Å². The molecule has 3 aromatic rings. The lowest BCUT2D eigenvalue weighted by Crippen LogP contribution is -2.37. The van der Waals surface area contributed by atoms with Gasteiger partial charge < -0.3 is 9.47 Å². The Bertz CT molecular complexity index is 1230. The largest absolute Gasteiger partial charge is 0.493 e. The van der Waals surface area contributed by atoms with Crippen molar-refractivity contribution in [2.24, 2.45) is 5.92 Å². The van der Waals surface area contributed by atoms with Crippen LogP contribution in [-0.4, -0.2) is 31.6 Å². The van der Waals surface area contributed by atoms with Gasteiger partial charge in [-0.3, -0.25) is 14.4 Å². The molecule has 0 saturated carbocycles. The number of hydroxylamine groups is 1. The van der Waals surface area contributed by atoms with E-state index in [2.05, 4.69) is 0 Å². The lowest BCUT2D eigenvalue weighted by Gasteiger charge is -2.29. The molecule has 0 unspecified atom stereocenters. The standard InChI is InChI=1S/C27H25FN2O5/c1-3-15-34-21-14-9-17(16-22(21)33-2)24-23-25(35-30(24)20-7-5-4-6-8-20)27(32)29(26(23)31)19-12-10-18(28)11-13-19/h4-14,16,23-25H,3,15H2,1-2H3/t23-,24+,25-/m1/s1. The molecule has 0 aromatic heterocycles. The summed E-state index contributed by atoms with van der Waals surface area (Å²) in [4.78, 5) is 34.2. The van der Waals surface area contributed by atoms with E-state index in [0.717, 1.165) is 16.9 Å². The second kappa shape index (κ2) is 9.38. The van der Waals surface area contributed by atoms with Crippen molar-refractivity contribution in [3.8, 4) is 11.5 Å². The first kappa shape index (κ1) is 22.9. The van der Waals surface area contributed by atoms with Crippen molar-refractivity contribution in [3.63, 3.8) is 0 Å². The number of methoxy groups -OCH3 is 1. The number of halogens is 1. The molecule has 0 N–H and O–H groups in total. The molecule has 0 bridgehead atoms. The second-order valence-corrected chi connectivity index (χ2v) is 8.41. The zero-order valence-corrected chi connectivity index (χ0v) is 19.4. The van der Waals surface area contributed by atoms with Crippen LogP contribution >= 0.6 is 0 Å². The van der Waals surface area contributed by atoms with Gasteiger partial charge in [0.2, 0.25) is 5.91 Å². The number of carbonyl (C=O) groups is 2.